The first-order valence-corrected chi connectivity index (χ1v) is 5.98. The molecule has 0 aliphatic carbocycles. The van der Waals surface area contributed by atoms with Gasteiger partial charge in [-0.15, -0.1) is 0 Å². The molecular weight excluding hydrogens is 233 g/mol. The van der Waals surface area contributed by atoms with Crippen molar-refractivity contribution in [3.8, 4) is 0 Å². The number of rotatable bonds is 4. The summed E-state index contributed by atoms with van der Waals surface area (Å²) in [6.07, 6.45) is 0.990. The smallest absolute Gasteiger partial charge is 0.128 e. The average molecular weight is 251 g/mol. The Morgan fingerprint density at radius 3 is 2.94 bits per heavy atom. The predicted molar refractivity (Wildman–Crippen MR) is 68.1 cm³/mol. The van der Waals surface area contributed by atoms with Crippen molar-refractivity contribution in [1.29, 1.82) is 5.41 Å². The highest BCUT2D eigenvalue weighted by Crippen LogP contribution is 2.17. The molecule has 0 aromatic heterocycles. The van der Waals surface area contributed by atoms with E-state index in [1.807, 2.05) is 7.05 Å². The van der Waals surface area contributed by atoms with Gasteiger partial charge in [-0.1, -0.05) is 12.1 Å². The zero-order valence-corrected chi connectivity index (χ0v) is 10.4. The first-order valence-electron chi connectivity index (χ1n) is 5.98. The van der Waals surface area contributed by atoms with E-state index in [-0.39, 0.29) is 11.7 Å². The third kappa shape index (κ3) is 2.86. The second kappa shape index (κ2) is 5.46. The van der Waals surface area contributed by atoms with E-state index in [4.69, 9.17) is 15.9 Å². The lowest BCUT2D eigenvalue weighted by Gasteiger charge is -2.23. The number of nitrogens with two attached hydrogens (primary N) is 1. The molecule has 0 amide bonds. The summed E-state index contributed by atoms with van der Waals surface area (Å²) < 4.78 is 19.2. The standard InChI is InChI=1S/C13H18FN3O/c1-17(11-4-5-18-8-11)7-10-3-2-9(13(15)16)6-12(10)14/h2-3,6,11H,4-5,7-8H2,1H3,(H3,15,16). The van der Waals surface area contributed by atoms with Gasteiger partial charge in [-0.3, -0.25) is 10.3 Å². The Hall–Kier alpha value is -1.46. The van der Waals surface area contributed by atoms with Crippen LogP contribution in [-0.4, -0.2) is 37.0 Å². The number of nitrogens with zero attached hydrogens (tertiary/aromatic N) is 1. The fourth-order valence-electron chi connectivity index (χ4n) is 2.11. The second-order valence-electron chi connectivity index (χ2n) is 4.65. The summed E-state index contributed by atoms with van der Waals surface area (Å²) in [5.74, 6) is -0.425. The molecule has 98 valence electrons. The van der Waals surface area contributed by atoms with Gasteiger partial charge in [0.2, 0.25) is 0 Å². The minimum atomic E-state index is -0.312. The number of ether oxygens (including phenoxy) is 1. The van der Waals surface area contributed by atoms with Crippen LogP contribution in [0.3, 0.4) is 0 Å². The summed E-state index contributed by atoms with van der Waals surface area (Å²) in [6, 6.07) is 5.05. The maximum absolute atomic E-state index is 13.8. The van der Waals surface area contributed by atoms with Gasteiger partial charge in [0.1, 0.15) is 11.7 Å². The maximum atomic E-state index is 13.8. The molecule has 1 fully saturated rings. The van der Waals surface area contributed by atoms with Crippen molar-refractivity contribution in [3.63, 3.8) is 0 Å². The van der Waals surface area contributed by atoms with Crippen LogP contribution in [0.5, 0.6) is 0 Å². The molecule has 18 heavy (non-hydrogen) atoms. The molecule has 0 radical (unpaired) electrons. The first kappa shape index (κ1) is 13.0. The molecule has 1 aliphatic rings. The Labute approximate surface area is 106 Å². The van der Waals surface area contributed by atoms with Gasteiger partial charge in [0.05, 0.1) is 6.61 Å². The molecule has 1 aromatic rings. The van der Waals surface area contributed by atoms with E-state index >= 15 is 0 Å². The Bertz CT molecular complexity index is 444. The van der Waals surface area contributed by atoms with Crippen LogP contribution in [0.4, 0.5) is 4.39 Å². The number of likely N-dealkylation sites (N-methyl/N-ethyl adjacent to an activating group) is 1. The molecule has 4 nitrogen and oxygen atoms in total. The SMILES string of the molecule is CN(Cc1ccc(C(=N)N)cc1F)C1CCOC1. The van der Waals surface area contributed by atoms with E-state index in [0.717, 1.165) is 13.0 Å². The zero-order valence-electron chi connectivity index (χ0n) is 10.4. The van der Waals surface area contributed by atoms with Gasteiger partial charge in [0, 0.05) is 30.3 Å². The summed E-state index contributed by atoms with van der Waals surface area (Å²) in [5.41, 5.74) is 6.36. The number of amidine groups is 1. The lowest BCUT2D eigenvalue weighted by atomic mass is 10.1. The molecule has 1 aliphatic heterocycles. The Balaban J connectivity index is 2.06. The summed E-state index contributed by atoms with van der Waals surface area (Å²) in [4.78, 5) is 2.10. The maximum Gasteiger partial charge on any atom is 0.128 e. The molecule has 1 atom stereocenters. The Morgan fingerprint density at radius 1 is 1.61 bits per heavy atom. The Kier molecular flexibility index (Phi) is 3.93. The van der Waals surface area contributed by atoms with Gasteiger partial charge in [-0.25, -0.2) is 4.39 Å². The van der Waals surface area contributed by atoms with Gasteiger partial charge in [0.15, 0.2) is 0 Å². The van der Waals surface area contributed by atoms with Crippen LogP contribution < -0.4 is 5.73 Å². The molecule has 1 aromatic carbocycles. The number of nitrogen functional groups attached to an aromatic ring is 1. The van der Waals surface area contributed by atoms with E-state index in [1.165, 1.54) is 6.07 Å². The highest BCUT2D eigenvalue weighted by Gasteiger charge is 2.21. The van der Waals surface area contributed by atoms with E-state index < -0.39 is 0 Å². The molecular formula is C13H18FN3O. The first-order chi connectivity index (χ1) is 8.58. The Morgan fingerprint density at radius 2 is 2.39 bits per heavy atom. The highest BCUT2D eigenvalue weighted by atomic mass is 19.1. The molecule has 0 saturated carbocycles. The lowest BCUT2D eigenvalue weighted by Crippen LogP contribution is -2.31. The number of hydrogen-bond donors (Lipinski definition) is 2. The van der Waals surface area contributed by atoms with E-state index in [1.54, 1.807) is 12.1 Å². The molecule has 1 unspecified atom stereocenters. The fraction of sp³-hybridized carbons (Fsp3) is 0.462. The molecule has 2 rings (SSSR count). The number of halogens is 1. The van der Waals surface area contributed by atoms with Crippen molar-refractivity contribution in [1.82, 2.24) is 4.90 Å². The van der Waals surface area contributed by atoms with Crippen molar-refractivity contribution in [2.45, 2.75) is 19.0 Å². The van der Waals surface area contributed by atoms with Gasteiger partial charge in [0.25, 0.3) is 0 Å². The average Bonchev–Trinajstić information content (AvgIpc) is 2.85. The van der Waals surface area contributed by atoms with Crippen molar-refractivity contribution >= 4 is 5.84 Å². The minimum Gasteiger partial charge on any atom is -0.384 e. The van der Waals surface area contributed by atoms with E-state index in [0.29, 0.717) is 30.3 Å². The van der Waals surface area contributed by atoms with Crippen LogP contribution >= 0.6 is 0 Å². The lowest BCUT2D eigenvalue weighted by molar-refractivity contribution is 0.155. The molecule has 5 heteroatoms. The van der Waals surface area contributed by atoms with Crippen LogP contribution in [0, 0.1) is 11.2 Å². The molecule has 1 saturated heterocycles. The third-order valence-electron chi connectivity index (χ3n) is 3.31. The van der Waals surface area contributed by atoms with Gasteiger partial charge in [-0.05, 0) is 19.5 Å². The topological polar surface area (TPSA) is 62.3 Å². The van der Waals surface area contributed by atoms with Gasteiger partial charge in [-0.2, -0.15) is 0 Å². The summed E-state index contributed by atoms with van der Waals surface area (Å²) in [6.45, 7) is 2.03. The number of hydrogen-bond acceptors (Lipinski definition) is 3. The van der Waals surface area contributed by atoms with Crippen molar-refractivity contribution in [2.24, 2.45) is 5.73 Å². The number of benzene rings is 1. The normalized spacial score (nSPS) is 19.4. The quantitative estimate of drug-likeness (QED) is 0.627. The molecule has 1 heterocycles. The van der Waals surface area contributed by atoms with Gasteiger partial charge < -0.3 is 10.5 Å². The van der Waals surface area contributed by atoms with Crippen LogP contribution in [0.1, 0.15) is 17.5 Å². The zero-order chi connectivity index (χ0) is 13.1. The van der Waals surface area contributed by atoms with E-state index in [9.17, 15) is 4.39 Å². The monoisotopic (exact) mass is 251 g/mol. The van der Waals surface area contributed by atoms with Gasteiger partial charge >= 0.3 is 0 Å². The summed E-state index contributed by atoms with van der Waals surface area (Å²) in [5, 5.41) is 7.26. The van der Waals surface area contributed by atoms with Crippen LogP contribution in [0.15, 0.2) is 18.2 Å². The predicted octanol–water partition coefficient (Wildman–Crippen LogP) is 1.33. The van der Waals surface area contributed by atoms with Crippen LogP contribution in [0.2, 0.25) is 0 Å². The van der Waals surface area contributed by atoms with Crippen LogP contribution in [0.25, 0.3) is 0 Å². The summed E-state index contributed by atoms with van der Waals surface area (Å²) >= 11 is 0. The van der Waals surface area contributed by atoms with Crippen molar-refractivity contribution < 1.29 is 9.13 Å². The molecule has 3 N–H and O–H groups in total. The van der Waals surface area contributed by atoms with E-state index in [2.05, 4.69) is 4.90 Å². The third-order valence-corrected chi connectivity index (χ3v) is 3.31. The molecule has 0 bridgehead atoms. The molecule has 0 spiro atoms. The van der Waals surface area contributed by atoms with Crippen molar-refractivity contribution in [3.05, 3.63) is 35.1 Å². The highest BCUT2D eigenvalue weighted by molar-refractivity contribution is 5.94. The minimum absolute atomic E-state index is 0.113. The largest absolute Gasteiger partial charge is 0.384 e. The van der Waals surface area contributed by atoms with Crippen molar-refractivity contribution in [2.75, 3.05) is 20.3 Å². The second-order valence-corrected chi connectivity index (χ2v) is 4.65. The fourth-order valence-corrected chi connectivity index (χ4v) is 2.11. The summed E-state index contributed by atoms with van der Waals surface area (Å²) in [7, 11) is 1.97. The van der Waals surface area contributed by atoms with Crippen LogP contribution in [-0.2, 0) is 11.3 Å². The number of nitrogens with one attached hydrogen (secondary N) is 1.